The van der Waals surface area contributed by atoms with Crippen molar-refractivity contribution in [3.8, 4) is 0 Å². The fourth-order valence-electron chi connectivity index (χ4n) is 1.24. The zero-order valence-corrected chi connectivity index (χ0v) is 9.60. The van der Waals surface area contributed by atoms with E-state index in [0.717, 1.165) is 24.8 Å². The molecule has 0 saturated carbocycles. The van der Waals surface area contributed by atoms with E-state index < -0.39 is 0 Å². The molecule has 0 aliphatic carbocycles. The van der Waals surface area contributed by atoms with Crippen LogP contribution in [-0.4, -0.2) is 12.0 Å². The highest BCUT2D eigenvalue weighted by Gasteiger charge is 1.92. The summed E-state index contributed by atoms with van der Waals surface area (Å²) in [6, 6.07) is 8.86. The summed E-state index contributed by atoms with van der Waals surface area (Å²) < 4.78 is 0. The number of rotatable bonds is 5. The molecule has 1 aromatic rings. The number of aryl methyl sites for hydroxylation is 1. The van der Waals surface area contributed by atoms with Crippen molar-refractivity contribution in [1.82, 2.24) is 5.32 Å². The van der Waals surface area contributed by atoms with Gasteiger partial charge in [0, 0.05) is 0 Å². The third kappa shape index (κ3) is 3.92. The lowest BCUT2D eigenvalue weighted by Crippen LogP contribution is -2.14. The highest BCUT2D eigenvalue weighted by molar-refractivity contribution is 9.09. The molecular weight excluding hydrogens is 226 g/mol. The molecule has 0 aliphatic rings. The number of hydrogen-bond acceptors (Lipinski definition) is 1. The lowest BCUT2D eigenvalue weighted by atomic mass is 10.1. The predicted molar refractivity (Wildman–Crippen MR) is 61.3 cm³/mol. The van der Waals surface area contributed by atoms with Crippen LogP contribution in [0.1, 0.15) is 18.1 Å². The molecule has 13 heavy (non-hydrogen) atoms. The predicted octanol–water partition coefficient (Wildman–Crippen LogP) is 2.73. The van der Waals surface area contributed by atoms with Crippen molar-refractivity contribution >= 4 is 15.9 Å². The number of benzene rings is 1. The van der Waals surface area contributed by atoms with Gasteiger partial charge >= 0.3 is 0 Å². The fraction of sp³-hybridized carbons (Fsp3) is 0.455. The molecular formula is C11H16BrN. The minimum absolute atomic E-state index is 0.875. The van der Waals surface area contributed by atoms with Crippen LogP contribution in [0.2, 0.25) is 0 Å². The van der Waals surface area contributed by atoms with Crippen LogP contribution in [-0.2, 0) is 12.8 Å². The number of nitrogens with one attached hydrogen (secondary N) is 1. The molecule has 0 amide bonds. The van der Waals surface area contributed by atoms with Crippen LogP contribution in [0.4, 0.5) is 0 Å². The highest BCUT2D eigenvalue weighted by Crippen LogP contribution is 2.05. The Balaban J connectivity index is 2.40. The summed E-state index contributed by atoms with van der Waals surface area (Å²) in [5.41, 5.74) is 3.70. The van der Waals surface area contributed by atoms with E-state index in [4.69, 9.17) is 0 Å². The SMILES string of the molecule is CCc1ccc(CCNCBr)cc1. The van der Waals surface area contributed by atoms with Gasteiger partial charge in [-0.1, -0.05) is 47.1 Å². The molecule has 1 nitrogen and oxygen atoms in total. The first-order valence-electron chi connectivity index (χ1n) is 4.71. The van der Waals surface area contributed by atoms with E-state index in [1.807, 2.05) is 0 Å². The summed E-state index contributed by atoms with van der Waals surface area (Å²) in [6.45, 7) is 3.22. The van der Waals surface area contributed by atoms with Gasteiger partial charge in [-0.25, -0.2) is 0 Å². The van der Waals surface area contributed by atoms with Gasteiger partial charge in [0.2, 0.25) is 0 Å². The first-order valence-corrected chi connectivity index (χ1v) is 5.83. The van der Waals surface area contributed by atoms with E-state index in [2.05, 4.69) is 52.4 Å². The largest absolute Gasteiger partial charge is 0.307 e. The van der Waals surface area contributed by atoms with Gasteiger partial charge in [0.05, 0.1) is 5.45 Å². The number of hydrogen-bond donors (Lipinski definition) is 1. The van der Waals surface area contributed by atoms with Crippen molar-refractivity contribution in [1.29, 1.82) is 0 Å². The van der Waals surface area contributed by atoms with E-state index in [0.29, 0.717) is 0 Å². The van der Waals surface area contributed by atoms with E-state index in [9.17, 15) is 0 Å². The van der Waals surface area contributed by atoms with Crippen LogP contribution in [0, 0.1) is 0 Å². The van der Waals surface area contributed by atoms with Crippen LogP contribution >= 0.6 is 15.9 Å². The normalized spacial score (nSPS) is 10.3. The maximum Gasteiger partial charge on any atom is 0.0517 e. The average Bonchev–Trinajstić information content (AvgIpc) is 2.19. The van der Waals surface area contributed by atoms with E-state index in [1.54, 1.807) is 0 Å². The Kier molecular flexibility index (Phi) is 5.09. The Bertz CT molecular complexity index is 230. The molecule has 0 fully saturated rings. The molecule has 0 bridgehead atoms. The van der Waals surface area contributed by atoms with Gasteiger partial charge in [-0.2, -0.15) is 0 Å². The molecule has 1 aromatic carbocycles. The quantitative estimate of drug-likeness (QED) is 0.475. The number of halogens is 1. The summed E-state index contributed by atoms with van der Waals surface area (Å²) in [5, 5.41) is 3.24. The summed E-state index contributed by atoms with van der Waals surface area (Å²) in [4.78, 5) is 0. The molecule has 1 N–H and O–H groups in total. The first-order chi connectivity index (χ1) is 6.36. The monoisotopic (exact) mass is 241 g/mol. The van der Waals surface area contributed by atoms with Crippen LogP contribution in [0.3, 0.4) is 0 Å². The van der Waals surface area contributed by atoms with Crippen LogP contribution in [0.5, 0.6) is 0 Å². The Hall–Kier alpha value is -0.340. The van der Waals surface area contributed by atoms with Crippen molar-refractivity contribution < 1.29 is 0 Å². The molecule has 0 spiro atoms. The standard InChI is InChI=1S/C11H16BrN/c1-2-10-3-5-11(6-4-10)7-8-13-9-12/h3-6,13H,2,7-9H2,1H3. The molecule has 0 heterocycles. The molecule has 2 heteroatoms. The minimum atomic E-state index is 0.875. The summed E-state index contributed by atoms with van der Waals surface area (Å²) in [7, 11) is 0. The summed E-state index contributed by atoms with van der Waals surface area (Å²) in [6.07, 6.45) is 2.23. The molecule has 0 aromatic heterocycles. The summed E-state index contributed by atoms with van der Waals surface area (Å²) in [5.74, 6) is 0. The van der Waals surface area contributed by atoms with Crippen LogP contribution < -0.4 is 5.32 Å². The lowest BCUT2D eigenvalue weighted by Gasteiger charge is -2.02. The Morgan fingerprint density at radius 2 is 1.77 bits per heavy atom. The topological polar surface area (TPSA) is 12.0 Å². The molecule has 1 rings (SSSR count). The van der Waals surface area contributed by atoms with E-state index in [1.165, 1.54) is 11.1 Å². The molecule has 0 aliphatic heterocycles. The highest BCUT2D eigenvalue weighted by atomic mass is 79.9. The van der Waals surface area contributed by atoms with Crippen LogP contribution in [0.15, 0.2) is 24.3 Å². The maximum absolute atomic E-state index is 3.33. The van der Waals surface area contributed by atoms with Gasteiger partial charge in [-0.15, -0.1) is 0 Å². The zero-order chi connectivity index (χ0) is 9.52. The lowest BCUT2D eigenvalue weighted by molar-refractivity contribution is 0.779. The number of alkyl halides is 1. The smallest absolute Gasteiger partial charge is 0.0517 e. The molecule has 0 atom stereocenters. The van der Waals surface area contributed by atoms with Gasteiger partial charge in [0.15, 0.2) is 0 Å². The first kappa shape index (κ1) is 10.7. The second-order valence-electron chi connectivity index (χ2n) is 3.05. The van der Waals surface area contributed by atoms with Crippen LogP contribution in [0.25, 0.3) is 0 Å². The molecule has 72 valence electrons. The van der Waals surface area contributed by atoms with Crippen molar-refractivity contribution in [2.75, 3.05) is 12.0 Å². The van der Waals surface area contributed by atoms with Gasteiger partial charge in [0.25, 0.3) is 0 Å². The molecule has 0 radical (unpaired) electrons. The second-order valence-corrected chi connectivity index (χ2v) is 3.61. The Morgan fingerprint density at radius 3 is 2.31 bits per heavy atom. The van der Waals surface area contributed by atoms with Crippen molar-refractivity contribution in [2.45, 2.75) is 19.8 Å². The van der Waals surface area contributed by atoms with Crippen molar-refractivity contribution in [3.05, 3.63) is 35.4 Å². The van der Waals surface area contributed by atoms with Gasteiger partial charge in [-0.05, 0) is 30.5 Å². The Morgan fingerprint density at radius 1 is 1.15 bits per heavy atom. The average molecular weight is 242 g/mol. The third-order valence-electron chi connectivity index (χ3n) is 2.12. The minimum Gasteiger partial charge on any atom is -0.307 e. The second kappa shape index (κ2) is 6.17. The molecule has 0 saturated heterocycles. The van der Waals surface area contributed by atoms with Gasteiger partial charge in [0.1, 0.15) is 0 Å². The zero-order valence-electron chi connectivity index (χ0n) is 8.02. The van der Waals surface area contributed by atoms with Gasteiger partial charge < -0.3 is 5.32 Å². The third-order valence-corrected chi connectivity index (χ3v) is 2.51. The van der Waals surface area contributed by atoms with E-state index in [-0.39, 0.29) is 0 Å². The molecule has 0 unspecified atom stereocenters. The summed E-state index contributed by atoms with van der Waals surface area (Å²) >= 11 is 3.33. The van der Waals surface area contributed by atoms with E-state index >= 15 is 0 Å². The Labute approximate surface area is 88.7 Å². The van der Waals surface area contributed by atoms with Crippen molar-refractivity contribution in [2.24, 2.45) is 0 Å². The van der Waals surface area contributed by atoms with Crippen molar-refractivity contribution in [3.63, 3.8) is 0 Å². The fourth-order valence-corrected chi connectivity index (χ4v) is 1.52. The maximum atomic E-state index is 3.33. The van der Waals surface area contributed by atoms with Gasteiger partial charge in [-0.3, -0.25) is 0 Å².